The summed E-state index contributed by atoms with van der Waals surface area (Å²) in [5.41, 5.74) is 6.71. The Bertz CT molecular complexity index is 260. The number of alkyl halides is 1. The number of aromatic nitrogens is 1. The van der Waals surface area contributed by atoms with Crippen LogP contribution >= 0.6 is 11.6 Å². The highest BCUT2D eigenvalue weighted by molar-refractivity contribution is 6.33. The number of nitrogens with two attached hydrogens (primary N) is 1. The quantitative estimate of drug-likeness (QED) is 0.737. The lowest BCUT2D eigenvalue weighted by Gasteiger charge is -2.08. The van der Waals surface area contributed by atoms with Crippen LogP contribution in [0.2, 0.25) is 5.02 Å². The normalized spacial score (nSPS) is 10.0. The Hall–Kier alpha value is -1.03. The van der Waals surface area contributed by atoms with E-state index in [0.717, 1.165) is 0 Å². The van der Waals surface area contributed by atoms with Gasteiger partial charge in [-0.1, -0.05) is 11.6 Å². The Kier molecular flexibility index (Phi) is 3.76. The SMILES string of the molecule is Nc1cncc(Cl)c1NCCCF. The second kappa shape index (κ2) is 4.87. The molecule has 0 fully saturated rings. The fraction of sp³-hybridized carbons (Fsp3) is 0.375. The Morgan fingerprint density at radius 3 is 2.92 bits per heavy atom. The second-order valence-electron chi connectivity index (χ2n) is 2.55. The molecule has 0 aromatic carbocycles. The average molecular weight is 204 g/mol. The lowest BCUT2D eigenvalue weighted by atomic mass is 10.3. The Morgan fingerprint density at radius 1 is 1.54 bits per heavy atom. The molecule has 1 aromatic heterocycles. The van der Waals surface area contributed by atoms with Crippen molar-refractivity contribution in [1.82, 2.24) is 4.98 Å². The maximum Gasteiger partial charge on any atom is 0.0911 e. The molecule has 0 aliphatic heterocycles. The first-order valence-corrected chi connectivity index (χ1v) is 4.32. The van der Waals surface area contributed by atoms with Gasteiger partial charge in [0.1, 0.15) is 0 Å². The van der Waals surface area contributed by atoms with Gasteiger partial charge in [0.2, 0.25) is 0 Å². The summed E-state index contributed by atoms with van der Waals surface area (Å²) in [7, 11) is 0. The summed E-state index contributed by atoms with van der Waals surface area (Å²) in [5, 5.41) is 3.40. The van der Waals surface area contributed by atoms with Gasteiger partial charge in [0.05, 0.1) is 29.3 Å². The van der Waals surface area contributed by atoms with E-state index in [1.165, 1.54) is 12.4 Å². The molecule has 0 saturated heterocycles. The van der Waals surface area contributed by atoms with Gasteiger partial charge in [-0.05, 0) is 6.42 Å². The molecule has 0 aliphatic carbocycles. The number of anilines is 2. The van der Waals surface area contributed by atoms with E-state index in [0.29, 0.717) is 29.4 Å². The van der Waals surface area contributed by atoms with Gasteiger partial charge in [0.25, 0.3) is 0 Å². The molecule has 0 amide bonds. The fourth-order valence-corrected chi connectivity index (χ4v) is 1.15. The molecule has 13 heavy (non-hydrogen) atoms. The molecule has 0 saturated carbocycles. The molecule has 1 aromatic rings. The predicted molar refractivity (Wildman–Crippen MR) is 52.7 cm³/mol. The van der Waals surface area contributed by atoms with Crippen LogP contribution in [0.1, 0.15) is 6.42 Å². The summed E-state index contributed by atoms with van der Waals surface area (Å²) in [6, 6.07) is 0. The molecule has 3 nitrogen and oxygen atoms in total. The molecule has 0 bridgehead atoms. The number of nitrogen functional groups attached to an aromatic ring is 1. The van der Waals surface area contributed by atoms with Crippen LogP contribution in [0.5, 0.6) is 0 Å². The van der Waals surface area contributed by atoms with Crippen LogP contribution in [-0.4, -0.2) is 18.2 Å². The molecule has 1 heterocycles. The Labute approximate surface area is 81.1 Å². The van der Waals surface area contributed by atoms with Crippen LogP contribution in [0.25, 0.3) is 0 Å². The van der Waals surface area contributed by atoms with Crippen molar-refractivity contribution >= 4 is 23.0 Å². The van der Waals surface area contributed by atoms with Crippen LogP contribution in [-0.2, 0) is 0 Å². The van der Waals surface area contributed by atoms with E-state index in [1.807, 2.05) is 0 Å². The lowest BCUT2D eigenvalue weighted by Crippen LogP contribution is -2.05. The summed E-state index contributed by atoms with van der Waals surface area (Å²) in [5.74, 6) is 0. The average Bonchev–Trinajstić information content (AvgIpc) is 2.10. The van der Waals surface area contributed by atoms with Crippen molar-refractivity contribution < 1.29 is 4.39 Å². The Morgan fingerprint density at radius 2 is 2.31 bits per heavy atom. The minimum absolute atomic E-state index is 0.352. The van der Waals surface area contributed by atoms with Crippen molar-refractivity contribution in [2.75, 3.05) is 24.3 Å². The van der Waals surface area contributed by atoms with Crippen molar-refractivity contribution in [1.29, 1.82) is 0 Å². The van der Waals surface area contributed by atoms with Gasteiger partial charge in [-0.3, -0.25) is 9.37 Å². The second-order valence-corrected chi connectivity index (χ2v) is 2.96. The van der Waals surface area contributed by atoms with Crippen molar-refractivity contribution in [2.24, 2.45) is 0 Å². The van der Waals surface area contributed by atoms with E-state index < -0.39 is 0 Å². The van der Waals surface area contributed by atoms with Gasteiger partial charge < -0.3 is 11.1 Å². The largest absolute Gasteiger partial charge is 0.396 e. The molecule has 0 aliphatic rings. The van der Waals surface area contributed by atoms with E-state index in [-0.39, 0.29) is 6.67 Å². The number of nitrogens with zero attached hydrogens (tertiary/aromatic N) is 1. The van der Waals surface area contributed by atoms with Crippen molar-refractivity contribution in [3.63, 3.8) is 0 Å². The van der Waals surface area contributed by atoms with Gasteiger partial charge in [-0.25, -0.2) is 0 Å². The molecule has 1 rings (SSSR count). The zero-order valence-electron chi connectivity index (χ0n) is 7.06. The van der Waals surface area contributed by atoms with Crippen LogP contribution in [0, 0.1) is 0 Å². The highest BCUT2D eigenvalue weighted by Gasteiger charge is 2.03. The van der Waals surface area contributed by atoms with Crippen molar-refractivity contribution in [2.45, 2.75) is 6.42 Å². The summed E-state index contributed by atoms with van der Waals surface area (Å²) in [6.07, 6.45) is 3.44. The highest BCUT2D eigenvalue weighted by atomic mass is 35.5. The third-order valence-corrected chi connectivity index (χ3v) is 1.83. The molecule has 0 atom stereocenters. The third-order valence-electron chi connectivity index (χ3n) is 1.54. The molecule has 3 N–H and O–H groups in total. The highest BCUT2D eigenvalue weighted by Crippen LogP contribution is 2.26. The number of hydrogen-bond acceptors (Lipinski definition) is 3. The van der Waals surface area contributed by atoms with Gasteiger partial charge in [0.15, 0.2) is 0 Å². The monoisotopic (exact) mass is 203 g/mol. The zero-order chi connectivity index (χ0) is 9.68. The molecule has 72 valence electrons. The van der Waals surface area contributed by atoms with E-state index >= 15 is 0 Å². The molecular formula is C8H11ClFN3. The minimum Gasteiger partial charge on any atom is -0.396 e. The summed E-state index contributed by atoms with van der Waals surface area (Å²) in [6.45, 7) is 0.167. The summed E-state index contributed by atoms with van der Waals surface area (Å²) >= 11 is 5.81. The lowest BCUT2D eigenvalue weighted by molar-refractivity contribution is 0.481. The minimum atomic E-state index is -0.352. The molecule has 0 radical (unpaired) electrons. The maximum absolute atomic E-state index is 11.8. The van der Waals surface area contributed by atoms with E-state index in [4.69, 9.17) is 17.3 Å². The van der Waals surface area contributed by atoms with E-state index in [2.05, 4.69) is 10.3 Å². The van der Waals surface area contributed by atoms with E-state index in [1.54, 1.807) is 0 Å². The number of halogens is 2. The maximum atomic E-state index is 11.8. The smallest absolute Gasteiger partial charge is 0.0911 e. The molecule has 5 heteroatoms. The van der Waals surface area contributed by atoms with Crippen LogP contribution < -0.4 is 11.1 Å². The molecule has 0 unspecified atom stereocenters. The number of pyridine rings is 1. The van der Waals surface area contributed by atoms with Crippen LogP contribution in [0.4, 0.5) is 15.8 Å². The fourth-order valence-electron chi connectivity index (χ4n) is 0.917. The first-order valence-electron chi connectivity index (χ1n) is 3.94. The van der Waals surface area contributed by atoms with Crippen LogP contribution in [0.3, 0.4) is 0 Å². The van der Waals surface area contributed by atoms with Crippen molar-refractivity contribution in [3.05, 3.63) is 17.4 Å². The van der Waals surface area contributed by atoms with E-state index in [9.17, 15) is 4.39 Å². The third kappa shape index (κ3) is 2.73. The number of hydrogen-bond donors (Lipinski definition) is 2. The van der Waals surface area contributed by atoms with Gasteiger partial charge in [-0.2, -0.15) is 0 Å². The molecule has 0 spiro atoms. The van der Waals surface area contributed by atoms with Gasteiger partial charge in [0, 0.05) is 12.7 Å². The van der Waals surface area contributed by atoms with Crippen molar-refractivity contribution in [3.8, 4) is 0 Å². The topological polar surface area (TPSA) is 50.9 Å². The number of nitrogens with one attached hydrogen (secondary N) is 1. The van der Waals surface area contributed by atoms with Gasteiger partial charge in [-0.15, -0.1) is 0 Å². The Balaban J connectivity index is 2.64. The first-order chi connectivity index (χ1) is 6.25. The van der Waals surface area contributed by atoms with Crippen LogP contribution in [0.15, 0.2) is 12.4 Å². The standard InChI is InChI=1S/C8H11ClFN3/c9-6-4-12-5-7(11)8(6)13-3-1-2-10/h4-5H,1-3,11H2,(H,12,13). The molecular weight excluding hydrogens is 193 g/mol. The van der Waals surface area contributed by atoms with Gasteiger partial charge >= 0.3 is 0 Å². The zero-order valence-corrected chi connectivity index (χ0v) is 7.81. The first kappa shape index (κ1) is 10.1. The number of rotatable bonds is 4. The summed E-state index contributed by atoms with van der Waals surface area (Å²) in [4.78, 5) is 3.80. The predicted octanol–water partition coefficient (Wildman–Crippen LogP) is 2.09. The summed E-state index contributed by atoms with van der Waals surface area (Å²) < 4.78 is 11.8.